The minimum Gasteiger partial charge on any atom is -0.348 e. The van der Waals surface area contributed by atoms with Crippen LogP contribution in [0.25, 0.3) is 10.8 Å². The second kappa shape index (κ2) is 7.67. The fourth-order valence-corrected chi connectivity index (χ4v) is 4.80. The van der Waals surface area contributed by atoms with Crippen molar-refractivity contribution in [2.45, 2.75) is 31.3 Å². The van der Waals surface area contributed by atoms with Crippen LogP contribution in [0.5, 0.6) is 0 Å². The molecule has 1 amide bonds. The number of carbonyl (C=O) groups excluding carboxylic acids is 1. The van der Waals surface area contributed by atoms with Crippen molar-refractivity contribution >= 4 is 32.6 Å². The number of piperidine rings is 1. The monoisotopic (exact) mass is 415 g/mol. The van der Waals surface area contributed by atoms with Gasteiger partial charge in [0.1, 0.15) is 0 Å². The highest BCUT2D eigenvalue weighted by Gasteiger charge is 2.31. The lowest BCUT2D eigenvalue weighted by Gasteiger charge is -2.35. The Bertz CT molecular complexity index is 801. The van der Waals surface area contributed by atoms with Gasteiger partial charge >= 0.3 is 0 Å². The SMILES string of the molecule is CN1CCC(N2CCC(NC(=O)c3cc(Br)cc4ccccc34)C2)CC1. The number of halogens is 1. The Morgan fingerprint density at radius 3 is 2.69 bits per heavy atom. The Morgan fingerprint density at radius 1 is 1.12 bits per heavy atom. The zero-order valence-electron chi connectivity index (χ0n) is 15.2. The summed E-state index contributed by atoms with van der Waals surface area (Å²) in [5.41, 5.74) is 0.757. The maximum atomic E-state index is 12.9. The summed E-state index contributed by atoms with van der Waals surface area (Å²) in [7, 11) is 2.20. The van der Waals surface area contributed by atoms with Crippen molar-refractivity contribution in [2.24, 2.45) is 0 Å². The van der Waals surface area contributed by atoms with Crippen molar-refractivity contribution < 1.29 is 4.79 Å². The average Bonchev–Trinajstić information content (AvgIpc) is 3.10. The van der Waals surface area contributed by atoms with Crippen molar-refractivity contribution in [3.8, 4) is 0 Å². The maximum absolute atomic E-state index is 12.9. The van der Waals surface area contributed by atoms with Gasteiger partial charge < -0.3 is 10.2 Å². The first-order valence-electron chi connectivity index (χ1n) is 9.52. The highest BCUT2D eigenvalue weighted by molar-refractivity contribution is 9.10. The smallest absolute Gasteiger partial charge is 0.252 e. The van der Waals surface area contributed by atoms with Gasteiger partial charge in [0.2, 0.25) is 0 Å². The second-order valence-corrected chi connectivity index (χ2v) is 8.58. The molecule has 1 atom stereocenters. The molecule has 4 rings (SSSR count). The fraction of sp³-hybridized carbons (Fsp3) is 0.476. The molecule has 5 heteroatoms. The molecule has 2 fully saturated rings. The van der Waals surface area contributed by atoms with Gasteiger partial charge in [-0.15, -0.1) is 0 Å². The standard InChI is InChI=1S/C21H26BrN3O/c1-24-9-7-18(8-10-24)25-11-6-17(14-25)23-21(26)20-13-16(22)12-15-4-2-3-5-19(15)20/h2-5,12-13,17-18H,6-11,14H2,1H3,(H,23,26). The third-order valence-corrected chi connectivity index (χ3v) is 6.29. The summed E-state index contributed by atoms with van der Waals surface area (Å²) in [4.78, 5) is 17.9. The molecule has 0 bridgehead atoms. The zero-order valence-corrected chi connectivity index (χ0v) is 16.8. The number of benzene rings is 2. The number of amides is 1. The number of nitrogens with one attached hydrogen (secondary N) is 1. The van der Waals surface area contributed by atoms with Crippen LogP contribution in [-0.4, -0.2) is 61.0 Å². The molecular weight excluding hydrogens is 390 g/mol. The third kappa shape index (κ3) is 3.80. The quantitative estimate of drug-likeness (QED) is 0.832. The molecule has 1 unspecified atom stereocenters. The molecule has 26 heavy (non-hydrogen) atoms. The highest BCUT2D eigenvalue weighted by Crippen LogP contribution is 2.25. The third-order valence-electron chi connectivity index (χ3n) is 5.83. The normalized spacial score (nSPS) is 22.8. The largest absolute Gasteiger partial charge is 0.348 e. The van der Waals surface area contributed by atoms with Crippen molar-refractivity contribution in [2.75, 3.05) is 33.2 Å². The van der Waals surface area contributed by atoms with Gasteiger partial charge in [-0.1, -0.05) is 40.2 Å². The fourth-order valence-electron chi connectivity index (χ4n) is 4.32. The van der Waals surface area contributed by atoms with Gasteiger partial charge in [-0.2, -0.15) is 0 Å². The Hall–Kier alpha value is -1.43. The lowest BCUT2D eigenvalue weighted by atomic mass is 10.0. The van der Waals surface area contributed by atoms with Crippen LogP contribution < -0.4 is 5.32 Å². The van der Waals surface area contributed by atoms with E-state index in [0.29, 0.717) is 6.04 Å². The first-order valence-corrected chi connectivity index (χ1v) is 10.3. The number of likely N-dealkylation sites (tertiary alicyclic amines) is 2. The Morgan fingerprint density at radius 2 is 1.88 bits per heavy atom. The van der Waals surface area contributed by atoms with Crippen LogP contribution in [0.15, 0.2) is 40.9 Å². The molecule has 0 aliphatic carbocycles. The molecule has 2 aromatic carbocycles. The van der Waals surface area contributed by atoms with E-state index in [9.17, 15) is 4.79 Å². The minimum atomic E-state index is 0.0396. The van der Waals surface area contributed by atoms with Gasteiger partial charge in [-0.25, -0.2) is 0 Å². The van der Waals surface area contributed by atoms with E-state index in [2.05, 4.69) is 44.2 Å². The summed E-state index contributed by atoms with van der Waals surface area (Å²) in [6, 6.07) is 13.0. The molecule has 2 heterocycles. The highest BCUT2D eigenvalue weighted by atomic mass is 79.9. The number of nitrogens with zero attached hydrogens (tertiary/aromatic N) is 2. The van der Waals surface area contributed by atoms with Gasteiger partial charge in [0.15, 0.2) is 0 Å². The Balaban J connectivity index is 1.43. The summed E-state index contributed by atoms with van der Waals surface area (Å²) in [6.07, 6.45) is 3.53. The molecule has 138 valence electrons. The van der Waals surface area contributed by atoms with Crippen LogP contribution in [0, 0.1) is 0 Å². The van der Waals surface area contributed by atoms with Crippen LogP contribution in [0.2, 0.25) is 0 Å². The first kappa shape index (κ1) is 18.0. The van der Waals surface area contributed by atoms with Crippen molar-refractivity contribution in [1.82, 2.24) is 15.1 Å². The summed E-state index contributed by atoms with van der Waals surface area (Å²) in [5, 5.41) is 5.38. The van der Waals surface area contributed by atoms with Gasteiger partial charge in [0.25, 0.3) is 5.91 Å². The predicted molar refractivity (Wildman–Crippen MR) is 110 cm³/mol. The van der Waals surface area contributed by atoms with Crippen LogP contribution in [0.4, 0.5) is 0 Å². The molecule has 0 radical (unpaired) electrons. The molecule has 0 spiro atoms. The molecular formula is C21H26BrN3O. The van der Waals surface area contributed by atoms with E-state index in [1.165, 1.54) is 25.9 Å². The number of rotatable bonds is 3. The van der Waals surface area contributed by atoms with E-state index in [1.54, 1.807) is 0 Å². The van der Waals surface area contributed by atoms with Gasteiger partial charge in [-0.3, -0.25) is 9.69 Å². The molecule has 2 aromatic rings. The molecule has 1 N–H and O–H groups in total. The molecule has 4 nitrogen and oxygen atoms in total. The van der Waals surface area contributed by atoms with E-state index >= 15 is 0 Å². The molecule has 2 aliphatic heterocycles. The van der Waals surface area contributed by atoms with Crippen LogP contribution in [-0.2, 0) is 0 Å². The summed E-state index contributed by atoms with van der Waals surface area (Å²) in [6.45, 7) is 4.44. The van der Waals surface area contributed by atoms with Crippen LogP contribution in [0.3, 0.4) is 0 Å². The number of hydrogen-bond donors (Lipinski definition) is 1. The van der Waals surface area contributed by atoms with E-state index in [0.717, 1.165) is 40.3 Å². The number of carbonyl (C=O) groups is 1. The van der Waals surface area contributed by atoms with E-state index in [4.69, 9.17) is 0 Å². The summed E-state index contributed by atoms with van der Waals surface area (Å²) >= 11 is 3.54. The lowest BCUT2D eigenvalue weighted by Crippen LogP contribution is -2.44. The van der Waals surface area contributed by atoms with Crippen molar-refractivity contribution in [1.29, 1.82) is 0 Å². The number of hydrogen-bond acceptors (Lipinski definition) is 3. The molecule has 0 saturated carbocycles. The lowest BCUT2D eigenvalue weighted by molar-refractivity contribution is 0.0933. The molecule has 2 aliphatic rings. The van der Waals surface area contributed by atoms with Crippen molar-refractivity contribution in [3.63, 3.8) is 0 Å². The van der Waals surface area contributed by atoms with E-state index < -0.39 is 0 Å². The van der Waals surface area contributed by atoms with Crippen LogP contribution in [0.1, 0.15) is 29.6 Å². The van der Waals surface area contributed by atoms with Gasteiger partial charge in [0.05, 0.1) is 0 Å². The van der Waals surface area contributed by atoms with Crippen molar-refractivity contribution in [3.05, 3.63) is 46.4 Å². The second-order valence-electron chi connectivity index (χ2n) is 7.66. The summed E-state index contributed by atoms with van der Waals surface area (Å²) in [5.74, 6) is 0.0396. The van der Waals surface area contributed by atoms with Gasteiger partial charge in [0, 0.05) is 35.2 Å². The first-order chi connectivity index (χ1) is 12.6. The molecule has 0 aromatic heterocycles. The number of fused-ring (bicyclic) bond motifs is 1. The maximum Gasteiger partial charge on any atom is 0.252 e. The minimum absolute atomic E-state index is 0.0396. The topological polar surface area (TPSA) is 35.6 Å². The molecule has 2 saturated heterocycles. The zero-order chi connectivity index (χ0) is 18.1. The van der Waals surface area contributed by atoms with Gasteiger partial charge in [-0.05, 0) is 62.3 Å². The summed E-state index contributed by atoms with van der Waals surface area (Å²) < 4.78 is 0.945. The van der Waals surface area contributed by atoms with E-state index in [1.807, 2.05) is 30.3 Å². The van der Waals surface area contributed by atoms with E-state index in [-0.39, 0.29) is 11.9 Å². The Kier molecular flexibility index (Phi) is 5.30. The Labute approximate surface area is 163 Å². The predicted octanol–water partition coefficient (Wildman–Crippen LogP) is 3.50. The average molecular weight is 416 g/mol. The van der Waals surface area contributed by atoms with Crippen LogP contribution >= 0.6 is 15.9 Å².